The summed E-state index contributed by atoms with van der Waals surface area (Å²) in [7, 11) is 0. The van der Waals surface area contributed by atoms with Crippen LogP contribution in [0.15, 0.2) is 22.7 Å². The van der Waals surface area contributed by atoms with Crippen molar-refractivity contribution in [2.75, 3.05) is 5.32 Å². The van der Waals surface area contributed by atoms with E-state index in [2.05, 4.69) is 27.3 Å². The molecule has 1 aromatic carbocycles. The van der Waals surface area contributed by atoms with Gasteiger partial charge in [0.2, 0.25) is 0 Å². The summed E-state index contributed by atoms with van der Waals surface area (Å²) in [5.74, 6) is -0.818. The molecule has 0 unspecified atom stereocenters. The molecule has 4 nitrogen and oxygen atoms in total. The van der Waals surface area contributed by atoms with E-state index in [1.54, 1.807) is 6.07 Å². The highest BCUT2D eigenvalue weighted by molar-refractivity contribution is 9.10. The molecule has 0 aliphatic heterocycles. The van der Waals surface area contributed by atoms with Crippen LogP contribution in [0.2, 0.25) is 0 Å². The standard InChI is InChI=1S/C13H15BrN2O2/c1-13(2,6-5-12(17)18)16-11-4-3-10(14)7-9(11)8-15/h3-4,7,16H,5-6H2,1-2H3,(H,17,18). The number of rotatable bonds is 5. The molecule has 0 saturated carbocycles. The Morgan fingerprint density at radius 3 is 2.78 bits per heavy atom. The van der Waals surface area contributed by atoms with Crippen LogP contribution in [0.25, 0.3) is 0 Å². The third-order valence-electron chi connectivity index (χ3n) is 2.54. The molecule has 96 valence electrons. The molecule has 2 N–H and O–H groups in total. The van der Waals surface area contributed by atoms with Gasteiger partial charge in [0.1, 0.15) is 6.07 Å². The molecule has 1 rings (SSSR count). The van der Waals surface area contributed by atoms with E-state index in [1.165, 1.54) is 0 Å². The number of carbonyl (C=O) groups is 1. The smallest absolute Gasteiger partial charge is 0.303 e. The molecule has 0 fully saturated rings. The van der Waals surface area contributed by atoms with Crippen LogP contribution in [-0.2, 0) is 4.79 Å². The fourth-order valence-electron chi connectivity index (χ4n) is 1.56. The van der Waals surface area contributed by atoms with E-state index in [4.69, 9.17) is 10.4 Å². The predicted molar refractivity (Wildman–Crippen MR) is 73.4 cm³/mol. The molecule has 1 aromatic rings. The first-order valence-corrected chi connectivity index (χ1v) is 6.33. The van der Waals surface area contributed by atoms with Crippen molar-refractivity contribution in [1.29, 1.82) is 5.26 Å². The number of anilines is 1. The molecule has 0 amide bonds. The van der Waals surface area contributed by atoms with Crippen molar-refractivity contribution in [1.82, 2.24) is 0 Å². The minimum absolute atomic E-state index is 0.0956. The Balaban J connectivity index is 2.83. The first-order chi connectivity index (χ1) is 8.34. The van der Waals surface area contributed by atoms with Crippen LogP contribution in [0, 0.1) is 11.3 Å². The maximum Gasteiger partial charge on any atom is 0.303 e. The SMILES string of the molecule is CC(C)(CCC(=O)O)Nc1ccc(Br)cc1C#N. The average Bonchev–Trinajstić information content (AvgIpc) is 2.29. The first kappa shape index (κ1) is 14.5. The highest BCUT2D eigenvalue weighted by atomic mass is 79.9. The van der Waals surface area contributed by atoms with Crippen molar-refractivity contribution in [2.24, 2.45) is 0 Å². The van der Waals surface area contributed by atoms with Crippen LogP contribution >= 0.6 is 15.9 Å². The number of carboxylic acids is 1. The summed E-state index contributed by atoms with van der Waals surface area (Å²) in [4.78, 5) is 10.6. The number of nitriles is 1. The molecule has 0 saturated heterocycles. The molecule has 0 radical (unpaired) electrons. The Morgan fingerprint density at radius 2 is 2.22 bits per heavy atom. The van der Waals surface area contributed by atoms with Crippen molar-refractivity contribution in [2.45, 2.75) is 32.2 Å². The van der Waals surface area contributed by atoms with Gasteiger partial charge in [0.15, 0.2) is 0 Å². The van der Waals surface area contributed by atoms with Gasteiger partial charge in [-0.1, -0.05) is 15.9 Å². The van der Waals surface area contributed by atoms with E-state index in [0.29, 0.717) is 12.0 Å². The zero-order valence-electron chi connectivity index (χ0n) is 10.3. The lowest BCUT2D eigenvalue weighted by molar-refractivity contribution is -0.137. The van der Waals surface area contributed by atoms with Gasteiger partial charge < -0.3 is 10.4 Å². The highest BCUT2D eigenvalue weighted by Crippen LogP contribution is 2.25. The number of carboxylic acid groups (broad SMARTS) is 1. The Bertz CT molecular complexity index is 492. The van der Waals surface area contributed by atoms with Crippen LogP contribution in [0.5, 0.6) is 0 Å². The van der Waals surface area contributed by atoms with E-state index in [1.807, 2.05) is 26.0 Å². The lowest BCUT2D eigenvalue weighted by Crippen LogP contribution is -2.31. The van der Waals surface area contributed by atoms with E-state index in [-0.39, 0.29) is 12.0 Å². The van der Waals surface area contributed by atoms with Crippen LogP contribution in [-0.4, -0.2) is 16.6 Å². The Labute approximate surface area is 115 Å². The average molecular weight is 311 g/mol. The van der Waals surface area contributed by atoms with Gasteiger partial charge in [0.25, 0.3) is 0 Å². The number of benzene rings is 1. The van der Waals surface area contributed by atoms with Crippen LogP contribution in [0.3, 0.4) is 0 Å². The van der Waals surface area contributed by atoms with E-state index in [9.17, 15) is 4.79 Å². The Kier molecular flexibility index (Phi) is 4.74. The van der Waals surface area contributed by atoms with Gasteiger partial charge >= 0.3 is 5.97 Å². The predicted octanol–water partition coefficient (Wildman–Crippen LogP) is 3.38. The summed E-state index contributed by atoms with van der Waals surface area (Å²) >= 11 is 3.31. The molecular weight excluding hydrogens is 296 g/mol. The summed E-state index contributed by atoms with van der Waals surface area (Å²) in [6, 6.07) is 7.50. The van der Waals surface area contributed by atoms with Gasteiger partial charge in [-0.3, -0.25) is 4.79 Å². The lowest BCUT2D eigenvalue weighted by atomic mass is 9.97. The molecule has 0 spiro atoms. The van der Waals surface area contributed by atoms with Crippen LogP contribution in [0.1, 0.15) is 32.3 Å². The second-order valence-corrected chi connectivity index (χ2v) is 5.62. The van der Waals surface area contributed by atoms with Gasteiger partial charge in [-0.05, 0) is 38.5 Å². The first-order valence-electron chi connectivity index (χ1n) is 5.54. The number of nitrogens with one attached hydrogen (secondary N) is 1. The summed E-state index contributed by atoms with van der Waals surface area (Å²) in [5, 5.41) is 21.0. The molecule has 0 aromatic heterocycles. The number of hydrogen-bond acceptors (Lipinski definition) is 3. The molecule has 0 aliphatic carbocycles. The zero-order valence-corrected chi connectivity index (χ0v) is 11.9. The number of hydrogen-bond donors (Lipinski definition) is 2. The number of halogens is 1. The fourth-order valence-corrected chi connectivity index (χ4v) is 1.93. The topological polar surface area (TPSA) is 73.1 Å². The minimum Gasteiger partial charge on any atom is -0.481 e. The largest absolute Gasteiger partial charge is 0.481 e. The van der Waals surface area contributed by atoms with Gasteiger partial charge in [0, 0.05) is 16.4 Å². The quantitative estimate of drug-likeness (QED) is 0.874. The van der Waals surface area contributed by atoms with Crippen molar-refractivity contribution < 1.29 is 9.90 Å². The van der Waals surface area contributed by atoms with E-state index >= 15 is 0 Å². The summed E-state index contributed by atoms with van der Waals surface area (Å²) in [6.45, 7) is 3.83. The maximum atomic E-state index is 10.6. The number of aliphatic carboxylic acids is 1. The van der Waals surface area contributed by atoms with Crippen molar-refractivity contribution in [3.63, 3.8) is 0 Å². The van der Waals surface area contributed by atoms with E-state index in [0.717, 1.165) is 10.2 Å². The lowest BCUT2D eigenvalue weighted by Gasteiger charge is -2.27. The molecule has 5 heteroatoms. The monoisotopic (exact) mass is 310 g/mol. The molecule has 0 bridgehead atoms. The van der Waals surface area contributed by atoms with Gasteiger partial charge in [-0.15, -0.1) is 0 Å². The summed E-state index contributed by atoms with van der Waals surface area (Å²) in [6.07, 6.45) is 0.585. The summed E-state index contributed by atoms with van der Waals surface area (Å²) < 4.78 is 0.841. The zero-order chi connectivity index (χ0) is 13.8. The highest BCUT2D eigenvalue weighted by Gasteiger charge is 2.20. The van der Waals surface area contributed by atoms with Gasteiger partial charge in [0.05, 0.1) is 11.3 Å². The van der Waals surface area contributed by atoms with Crippen molar-refractivity contribution in [3.8, 4) is 6.07 Å². The Hall–Kier alpha value is -1.54. The van der Waals surface area contributed by atoms with Crippen LogP contribution < -0.4 is 5.32 Å². The van der Waals surface area contributed by atoms with Gasteiger partial charge in [-0.2, -0.15) is 5.26 Å². The third kappa shape index (κ3) is 4.38. The molecule has 0 atom stereocenters. The third-order valence-corrected chi connectivity index (χ3v) is 3.03. The molecule has 18 heavy (non-hydrogen) atoms. The van der Waals surface area contributed by atoms with E-state index < -0.39 is 5.97 Å². The van der Waals surface area contributed by atoms with Crippen LogP contribution in [0.4, 0.5) is 5.69 Å². The van der Waals surface area contributed by atoms with Crippen molar-refractivity contribution >= 4 is 27.6 Å². The minimum atomic E-state index is -0.818. The van der Waals surface area contributed by atoms with Gasteiger partial charge in [-0.25, -0.2) is 0 Å². The molecule has 0 aliphatic rings. The normalized spacial score (nSPS) is 10.8. The maximum absolute atomic E-state index is 10.6. The second-order valence-electron chi connectivity index (χ2n) is 4.70. The van der Waals surface area contributed by atoms with Crippen molar-refractivity contribution in [3.05, 3.63) is 28.2 Å². The fraction of sp³-hybridized carbons (Fsp3) is 0.385. The molecular formula is C13H15BrN2O2. The summed E-state index contributed by atoms with van der Waals surface area (Å²) in [5.41, 5.74) is 0.876. The second kappa shape index (κ2) is 5.87. The Morgan fingerprint density at radius 1 is 1.56 bits per heavy atom. The number of nitrogens with zero attached hydrogens (tertiary/aromatic N) is 1. The molecule has 0 heterocycles.